The van der Waals surface area contributed by atoms with Gasteiger partial charge in [-0.1, -0.05) is 13.3 Å². The van der Waals surface area contributed by atoms with Gasteiger partial charge in [-0.25, -0.2) is 0 Å². The number of hydrogen-bond donors (Lipinski definition) is 1. The quantitative estimate of drug-likeness (QED) is 0.813. The maximum absolute atomic E-state index is 13.0. The lowest BCUT2D eigenvalue weighted by atomic mass is 10.0. The monoisotopic (exact) mass is 319 g/mol. The predicted octanol–water partition coefficient (Wildman–Crippen LogP) is 0.790. The van der Waals surface area contributed by atoms with Crippen molar-refractivity contribution < 1.29 is 13.2 Å². The predicted molar refractivity (Wildman–Crippen MR) is 83.1 cm³/mol. The summed E-state index contributed by atoms with van der Waals surface area (Å²) in [7, 11) is -3.44. The van der Waals surface area contributed by atoms with Crippen LogP contribution in [0.3, 0.4) is 0 Å². The molecule has 0 aromatic heterocycles. The van der Waals surface area contributed by atoms with Gasteiger partial charge in [0.15, 0.2) is 0 Å². The molecular weight excluding hydrogens is 290 g/mol. The second-order valence-electron chi connectivity index (χ2n) is 6.28. The van der Waals surface area contributed by atoms with Crippen molar-refractivity contribution in [1.82, 2.24) is 8.61 Å². The smallest absolute Gasteiger partial charge is 0.282 e. The maximum atomic E-state index is 13.0. The van der Waals surface area contributed by atoms with Crippen molar-refractivity contribution in [1.29, 1.82) is 0 Å². The van der Waals surface area contributed by atoms with Crippen LogP contribution in [0.1, 0.15) is 40.0 Å². The van der Waals surface area contributed by atoms with Crippen LogP contribution in [0.5, 0.6) is 0 Å². The van der Waals surface area contributed by atoms with E-state index in [1.807, 2.05) is 20.8 Å². The molecule has 0 aromatic carbocycles. The molecule has 4 atom stereocenters. The van der Waals surface area contributed by atoms with E-state index < -0.39 is 10.2 Å². The number of morpholine rings is 1. The third-order valence-corrected chi connectivity index (χ3v) is 6.68. The first-order chi connectivity index (χ1) is 9.90. The normalized spacial score (nSPS) is 35.5. The van der Waals surface area contributed by atoms with Gasteiger partial charge in [0.2, 0.25) is 0 Å². The van der Waals surface area contributed by atoms with Crippen molar-refractivity contribution in [3.05, 3.63) is 0 Å². The summed E-state index contributed by atoms with van der Waals surface area (Å²) in [5, 5.41) is 0. The van der Waals surface area contributed by atoms with Gasteiger partial charge in [0.1, 0.15) is 0 Å². The zero-order valence-corrected chi connectivity index (χ0v) is 14.2. The van der Waals surface area contributed by atoms with E-state index in [1.54, 1.807) is 8.61 Å². The molecule has 2 N–H and O–H groups in total. The molecule has 0 bridgehead atoms. The highest BCUT2D eigenvalue weighted by molar-refractivity contribution is 7.86. The zero-order valence-electron chi connectivity index (χ0n) is 13.4. The van der Waals surface area contributed by atoms with Gasteiger partial charge in [-0.15, -0.1) is 0 Å². The van der Waals surface area contributed by atoms with Gasteiger partial charge in [-0.2, -0.15) is 17.0 Å². The number of rotatable bonds is 5. The third-order valence-electron chi connectivity index (χ3n) is 4.61. The summed E-state index contributed by atoms with van der Waals surface area (Å²) in [5.41, 5.74) is 5.83. The lowest BCUT2D eigenvalue weighted by molar-refractivity contribution is -0.0458. The molecule has 0 spiro atoms. The van der Waals surface area contributed by atoms with Gasteiger partial charge in [0.05, 0.1) is 12.2 Å². The fourth-order valence-corrected chi connectivity index (χ4v) is 5.75. The molecular formula is C14H29N3O3S. The highest BCUT2D eigenvalue weighted by Crippen LogP contribution is 2.32. The first-order valence-corrected chi connectivity index (χ1v) is 9.42. The fraction of sp³-hybridized carbons (Fsp3) is 1.00. The molecule has 0 radical (unpaired) electrons. The number of nitrogens with zero attached hydrogens (tertiary/aromatic N) is 2. The molecule has 0 amide bonds. The molecule has 1 saturated carbocycles. The molecule has 2 fully saturated rings. The first kappa shape index (κ1) is 17.1. The molecule has 2 aliphatic rings. The van der Waals surface area contributed by atoms with Crippen LogP contribution in [0.4, 0.5) is 0 Å². The van der Waals surface area contributed by atoms with Crippen molar-refractivity contribution in [2.24, 2.45) is 11.7 Å². The molecule has 4 unspecified atom stereocenters. The second-order valence-corrected chi connectivity index (χ2v) is 8.16. The lowest BCUT2D eigenvalue weighted by Gasteiger charge is -2.39. The molecule has 1 aliphatic carbocycles. The number of nitrogens with two attached hydrogens (primary N) is 1. The highest BCUT2D eigenvalue weighted by atomic mass is 32.2. The minimum absolute atomic E-state index is 0.0541. The molecule has 2 rings (SSSR count). The average Bonchev–Trinajstić information content (AvgIpc) is 2.86. The van der Waals surface area contributed by atoms with Crippen LogP contribution in [0.15, 0.2) is 0 Å². The SMILES string of the molecule is CCN(C1CCCC1CN)S(=O)(=O)N1CC(C)OC(C)C1. The van der Waals surface area contributed by atoms with Gasteiger partial charge in [0.25, 0.3) is 10.2 Å². The summed E-state index contributed by atoms with van der Waals surface area (Å²) >= 11 is 0. The fourth-order valence-electron chi connectivity index (χ4n) is 3.71. The molecule has 0 aromatic rings. The Bertz CT molecular complexity index is 433. The molecule has 7 heteroatoms. The Morgan fingerprint density at radius 2 is 1.86 bits per heavy atom. The summed E-state index contributed by atoms with van der Waals surface area (Å²) in [6, 6.07) is 0.0541. The second kappa shape index (κ2) is 6.91. The zero-order chi connectivity index (χ0) is 15.6. The summed E-state index contributed by atoms with van der Waals surface area (Å²) in [6.07, 6.45) is 2.90. The molecule has 21 heavy (non-hydrogen) atoms. The van der Waals surface area contributed by atoms with E-state index in [2.05, 4.69) is 0 Å². The van der Waals surface area contributed by atoms with Gasteiger partial charge in [-0.3, -0.25) is 0 Å². The van der Waals surface area contributed by atoms with Crippen molar-refractivity contribution in [3.63, 3.8) is 0 Å². The Balaban J connectivity index is 2.19. The maximum Gasteiger partial charge on any atom is 0.282 e. The van der Waals surface area contributed by atoms with E-state index in [9.17, 15) is 8.42 Å². The Morgan fingerprint density at radius 3 is 2.38 bits per heavy atom. The van der Waals surface area contributed by atoms with Gasteiger partial charge in [0, 0.05) is 25.7 Å². The molecule has 6 nitrogen and oxygen atoms in total. The summed E-state index contributed by atoms with van der Waals surface area (Å²) in [4.78, 5) is 0. The standard InChI is InChI=1S/C14H29N3O3S/c1-4-17(14-7-5-6-13(14)8-15)21(18,19)16-9-11(2)20-12(3)10-16/h11-14H,4-10,15H2,1-3H3. The van der Waals surface area contributed by atoms with Crippen molar-refractivity contribution in [3.8, 4) is 0 Å². The topological polar surface area (TPSA) is 75.9 Å². The Hall–Kier alpha value is -0.210. The summed E-state index contributed by atoms with van der Waals surface area (Å²) in [6.45, 7) is 7.69. The van der Waals surface area contributed by atoms with E-state index in [-0.39, 0.29) is 24.2 Å². The Kier molecular flexibility index (Phi) is 5.65. The molecule has 124 valence electrons. The number of hydrogen-bond acceptors (Lipinski definition) is 4. The van der Waals surface area contributed by atoms with Crippen molar-refractivity contribution in [2.45, 2.75) is 58.3 Å². The minimum Gasteiger partial charge on any atom is -0.373 e. The molecule has 1 heterocycles. The van der Waals surface area contributed by atoms with E-state index in [1.165, 1.54) is 0 Å². The van der Waals surface area contributed by atoms with Gasteiger partial charge in [-0.05, 0) is 39.2 Å². The van der Waals surface area contributed by atoms with Gasteiger partial charge >= 0.3 is 0 Å². The van der Waals surface area contributed by atoms with E-state index in [0.717, 1.165) is 19.3 Å². The van der Waals surface area contributed by atoms with E-state index >= 15 is 0 Å². The van der Waals surface area contributed by atoms with Crippen LogP contribution in [-0.4, -0.2) is 61.5 Å². The largest absolute Gasteiger partial charge is 0.373 e. The van der Waals surface area contributed by atoms with Crippen LogP contribution < -0.4 is 5.73 Å². The first-order valence-electron chi connectivity index (χ1n) is 8.02. The lowest BCUT2D eigenvalue weighted by Crippen LogP contribution is -2.56. The van der Waals surface area contributed by atoms with Crippen LogP contribution in [0.2, 0.25) is 0 Å². The highest BCUT2D eigenvalue weighted by Gasteiger charge is 2.41. The van der Waals surface area contributed by atoms with Crippen LogP contribution in [-0.2, 0) is 14.9 Å². The van der Waals surface area contributed by atoms with E-state index in [4.69, 9.17) is 10.5 Å². The molecule has 1 aliphatic heterocycles. The van der Waals surface area contributed by atoms with Crippen molar-refractivity contribution in [2.75, 3.05) is 26.2 Å². The Labute approximate surface area is 128 Å². The summed E-state index contributed by atoms with van der Waals surface area (Å²) < 4.78 is 34.9. The third kappa shape index (κ3) is 3.59. The number of ether oxygens (including phenoxy) is 1. The van der Waals surface area contributed by atoms with E-state index in [0.29, 0.717) is 26.2 Å². The van der Waals surface area contributed by atoms with Crippen LogP contribution in [0, 0.1) is 5.92 Å². The molecule has 1 saturated heterocycles. The Morgan fingerprint density at radius 1 is 1.24 bits per heavy atom. The van der Waals surface area contributed by atoms with Crippen LogP contribution >= 0.6 is 0 Å². The minimum atomic E-state index is -3.44. The van der Waals surface area contributed by atoms with Crippen LogP contribution in [0.25, 0.3) is 0 Å². The summed E-state index contributed by atoms with van der Waals surface area (Å²) in [5.74, 6) is 0.288. The van der Waals surface area contributed by atoms with Crippen molar-refractivity contribution >= 4 is 10.2 Å². The average molecular weight is 319 g/mol. The van der Waals surface area contributed by atoms with Gasteiger partial charge < -0.3 is 10.5 Å².